The van der Waals surface area contributed by atoms with Crippen LogP contribution >= 0.6 is 0 Å². The Hall–Kier alpha value is -1.70. The molecule has 0 aliphatic carbocycles. The summed E-state index contributed by atoms with van der Waals surface area (Å²) in [6.45, 7) is 4.22. The van der Waals surface area contributed by atoms with Crippen LogP contribution in [0.2, 0.25) is 0 Å². The van der Waals surface area contributed by atoms with Crippen molar-refractivity contribution in [1.29, 1.82) is 0 Å². The van der Waals surface area contributed by atoms with Crippen molar-refractivity contribution in [2.24, 2.45) is 0 Å². The number of benzene rings is 2. The lowest BCUT2D eigenvalue weighted by molar-refractivity contribution is 0.475. The lowest BCUT2D eigenvalue weighted by atomic mass is 10.0. The zero-order valence-corrected chi connectivity index (χ0v) is 10.8. The summed E-state index contributed by atoms with van der Waals surface area (Å²) in [7, 11) is 0. The number of hydrogen-bond acceptors (Lipinski definition) is 2. The molecule has 0 bridgehead atoms. The molecular formula is C16H19NO. The van der Waals surface area contributed by atoms with Crippen LogP contribution < -0.4 is 4.90 Å². The van der Waals surface area contributed by atoms with Gasteiger partial charge in [0.2, 0.25) is 0 Å². The van der Waals surface area contributed by atoms with E-state index in [1.54, 1.807) is 0 Å². The predicted octanol–water partition coefficient (Wildman–Crippen LogP) is 3.84. The van der Waals surface area contributed by atoms with E-state index in [2.05, 4.69) is 24.0 Å². The van der Waals surface area contributed by atoms with Crippen molar-refractivity contribution in [3.05, 3.63) is 35.9 Å². The summed E-state index contributed by atoms with van der Waals surface area (Å²) >= 11 is 0. The lowest BCUT2D eigenvalue weighted by Gasteiger charge is -2.31. The Labute approximate surface area is 108 Å². The Balaban J connectivity index is 2.15. The predicted molar refractivity (Wildman–Crippen MR) is 76.4 cm³/mol. The number of piperidine rings is 1. The quantitative estimate of drug-likeness (QED) is 0.820. The van der Waals surface area contributed by atoms with Gasteiger partial charge in [-0.25, -0.2) is 0 Å². The molecule has 0 atom stereocenters. The van der Waals surface area contributed by atoms with Crippen LogP contribution in [0.3, 0.4) is 0 Å². The first-order chi connectivity index (χ1) is 8.77. The SMILES string of the molecule is Cc1cc2ccccc2c(O)c1N1CCCCC1. The maximum absolute atomic E-state index is 10.5. The highest BCUT2D eigenvalue weighted by Crippen LogP contribution is 2.39. The van der Waals surface area contributed by atoms with Gasteiger partial charge in [0.1, 0.15) is 5.75 Å². The molecule has 2 heteroatoms. The fourth-order valence-corrected chi connectivity index (χ4v) is 2.97. The number of hydrogen-bond donors (Lipinski definition) is 1. The van der Waals surface area contributed by atoms with Crippen LogP contribution in [-0.4, -0.2) is 18.2 Å². The fraction of sp³-hybridized carbons (Fsp3) is 0.375. The zero-order chi connectivity index (χ0) is 12.5. The summed E-state index contributed by atoms with van der Waals surface area (Å²) in [6, 6.07) is 10.2. The maximum Gasteiger partial charge on any atom is 0.146 e. The van der Waals surface area contributed by atoms with Crippen molar-refractivity contribution >= 4 is 16.5 Å². The number of fused-ring (bicyclic) bond motifs is 1. The first-order valence-corrected chi connectivity index (χ1v) is 6.73. The van der Waals surface area contributed by atoms with E-state index in [1.165, 1.54) is 24.8 Å². The van der Waals surface area contributed by atoms with Crippen molar-refractivity contribution in [2.75, 3.05) is 18.0 Å². The summed E-state index contributed by atoms with van der Waals surface area (Å²) in [5, 5.41) is 12.6. The fourth-order valence-electron chi connectivity index (χ4n) is 2.97. The third-order valence-electron chi connectivity index (χ3n) is 3.86. The van der Waals surface area contributed by atoms with E-state index >= 15 is 0 Å². The van der Waals surface area contributed by atoms with Gasteiger partial charge < -0.3 is 10.0 Å². The maximum atomic E-state index is 10.5. The van der Waals surface area contributed by atoms with E-state index in [4.69, 9.17) is 0 Å². The minimum atomic E-state index is 0.451. The smallest absolute Gasteiger partial charge is 0.146 e. The zero-order valence-electron chi connectivity index (χ0n) is 10.8. The number of aryl methyl sites for hydroxylation is 1. The third kappa shape index (κ3) is 1.82. The van der Waals surface area contributed by atoms with Gasteiger partial charge in [0.05, 0.1) is 5.69 Å². The topological polar surface area (TPSA) is 23.5 Å². The third-order valence-corrected chi connectivity index (χ3v) is 3.86. The Kier molecular flexibility index (Phi) is 2.86. The Morgan fingerprint density at radius 3 is 2.56 bits per heavy atom. The molecule has 18 heavy (non-hydrogen) atoms. The molecule has 0 unspecified atom stereocenters. The van der Waals surface area contributed by atoms with Gasteiger partial charge in [0.25, 0.3) is 0 Å². The molecule has 2 nitrogen and oxygen atoms in total. The molecule has 0 amide bonds. The molecular weight excluding hydrogens is 222 g/mol. The Morgan fingerprint density at radius 2 is 1.78 bits per heavy atom. The van der Waals surface area contributed by atoms with E-state index in [0.717, 1.165) is 29.5 Å². The molecule has 1 aliphatic rings. The van der Waals surface area contributed by atoms with Crippen molar-refractivity contribution < 1.29 is 5.11 Å². The number of phenols is 1. The van der Waals surface area contributed by atoms with Gasteiger partial charge in [-0.2, -0.15) is 0 Å². The molecule has 1 saturated heterocycles. The molecule has 1 N–H and O–H groups in total. The van der Waals surface area contributed by atoms with Crippen molar-refractivity contribution in [2.45, 2.75) is 26.2 Å². The molecule has 3 rings (SSSR count). The summed E-state index contributed by atoms with van der Waals surface area (Å²) in [4.78, 5) is 2.33. The van der Waals surface area contributed by atoms with Gasteiger partial charge >= 0.3 is 0 Å². The van der Waals surface area contributed by atoms with Crippen LogP contribution in [0, 0.1) is 6.92 Å². The van der Waals surface area contributed by atoms with Crippen LogP contribution in [0.4, 0.5) is 5.69 Å². The molecule has 0 radical (unpaired) electrons. The Bertz CT molecular complexity index is 571. The summed E-state index contributed by atoms with van der Waals surface area (Å²) in [5.74, 6) is 0.451. The van der Waals surface area contributed by atoms with E-state index < -0.39 is 0 Å². The molecule has 2 aromatic rings. The first-order valence-electron chi connectivity index (χ1n) is 6.73. The summed E-state index contributed by atoms with van der Waals surface area (Å²) in [6.07, 6.45) is 3.77. The standard InChI is InChI=1S/C16H19NO/c1-12-11-13-7-3-4-8-14(13)16(18)15(12)17-9-5-2-6-10-17/h3-4,7-8,11,18H,2,5-6,9-10H2,1H3. The molecule has 1 aliphatic heterocycles. The van der Waals surface area contributed by atoms with Gasteiger partial charge in [-0.05, 0) is 43.2 Å². The molecule has 0 saturated carbocycles. The number of aromatic hydroxyl groups is 1. The van der Waals surface area contributed by atoms with Gasteiger partial charge in [-0.1, -0.05) is 24.3 Å². The summed E-state index contributed by atoms with van der Waals surface area (Å²) in [5.41, 5.74) is 2.21. The average Bonchev–Trinajstić information content (AvgIpc) is 2.40. The lowest BCUT2D eigenvalue weighted by Crippen LogP contribution is -2.30. The highest BCUT2D eigenvalue weighted by molar-refractivity contribution is 5.94. The Morgan fingerprint density at radius 1 is 1.06 bits per heavy atom. The van der Waals surface area contributed by atoms with Gasteiger partial charge in [-0.3, -0.25) is 0 Å². The van der Waals surface area contributed by atoms with E-state index in [0.29, 0.717) is 5.75 Å². The second kappa shape index (κ2) is 4.52. The molecule has 0 aromatic heterocycles. The monoisotopic (exact) mass is 241 g/mol. The second-order valence-corrected chi connectivity index (χ2v) is 5.16. The molecule has 1 fully saturated rings. The van der Waals surface area contributed by atoms with Gasteiger partial charge in [-0.15, -0.1) is 0 Å². The van der Waals surface area contributed by atoms with Crippen molar-refractivity contribution in [3.8, 4) is 5.75 Å². The van der Waals surface area contributed by atoms with Crippen LogP contribution in [0.1, 0.15) is 24.8 Å². The highest BCUT2D eigenvalue weighted by atomic mass is 16.3. The normalized spacial score (nSPS) is 16.2. The molecule has 1 heterocycles. The number of nitrogens with zero attached hydrogens (tertiary/aromatic N) is 1. The number of anilines is 1. The average molecular weight is 241 g/mol. The van der Waals surface area contributed by atoms with E-state index in [-0.39, 0.29) is 0 Å². The minimum absolute atomic E-state index is 0.451. The first kappa shape index (κ1) is 11.4. The molecule has 2 aromatic carbocycles. The number of rotatable bonds is 1. The molecule has 94 valence electrons. The van der Waals surface area contributed by atoms with Crippen LogP contribution in [0.25, 0.3) is 10.8 Å². The van der Waals surface area contributed by atoms with Gasteiger partial charge in [0, 0.05) is 18.5 Å². The van der Waals surface area contributed by atoms with E-state index in [9.17, 15) is 5.11 Å². The van der Waals surface area contributed by atoms with Crippen LogP contribution in [0.15, 0.2) is 30.3 Å². The van der Waals surface area contributed by atoms with Gasteiger partial charge in [0.15, 0.2) is 0 Å². The highest BCUT2D eigenvalue weighted by Gasteiger charge is 2.18. The van der Waals surface area contributed by atoms with E-state index in [1.807, 2.05) is 18.2 Å². The van der Waals surface area contributed by atoms with Crippen molar-refractivity contribution in [3.63, 3.8) is 0 Å². The minimum Gasteiger partial charge on any atom is -0.505 e. The molecule has 0 spiro atoms. The second-order valence-electron chi connectivity index (χ2n) is 5.16. The summed E-state index contributed by atoms with van der Waals surface area (Å²) < 4.78 is 0. The van der Waals surface area contributed by atoms with Crippen LogP contribution in [-0.2, 0) is 0 Å². The van der Waals surface area contributed by atoms with Crippen molar-refractivity contribution in [1.82, 2.24) is 0 Å². The number of phenolic OH excluding ortho intramolecular Hbond substituents is 1. The van der Waals surface area contributed by atoms with Crippen LogP contribution in [0.5, 0.6) is 5.75 Å². The largest absolute Gasteiger partial charge is 0.505 e.